The fourth-order valence-corrected chi connectivity index (χ4v) is 2.81. The molecule has 1 aromatic rings. The molecule has 0 aliphatic rings. The lowest BCUT2D eigenvalue weighted by Crippen LogP contribution is -2.10. The van der Waals surface area contributed by atoms with E-state index in [0.29, 0.717) is 42.8 Å². The van der Waals surface area contributed by atoms with E-state index >= 15 is 0 Å². The Kier molecular flexibility index (Phi) is 12.4. The van der Waals surface area contributed by atoms with Crippen LogP contribution in [0.15, 0.2) is 18.2 Å². The van der Waals surface area contributed by atoms with Crippen molar-refractivity contribution in [2.24, 2.45) is 5.92 Å². The Morgan fingerprint density at radius 2 is 1.48 bits per heavy atom. The van der Waals surface area contributed by atoms with Gasteiger partial charge in [-0.2, -0.15) is 0 Å². The quantitative estimate of drug-likeness (QED) is 0.261. The molecule has 1 atom stereocenters. The summed E-state index contributed by atoms with van der Waals surface area (Å²) in [6, 6.07) is 5.40. The molecule has 4 heteroatoms. The first-order valence-corrected chi connectivity index (χ1v) is 10.7. The van der Waals surface area contributed by atoms with Crippen LogP contribution in [-0.4, -0.2) is 25.8 Å². The Morgan fingerprint density at radius 1 is 0.852 bits per heavy atom. The largest absolute Gasteiger partial charge is 0.493 e. The van der Waals surface area contributed by atoms with Gasteiger partial charge in [0, 0.05) is 6.07 Å². The summed E-state index contributed by atoms with van der Waals surface area (Å²) < 4.78 is 17.2. The van der Waals surface area contributed by atoms with E-state index in [2.05, 4.69) is 27.7 Å². The summed E-state index contributed by atoms with van der Waals surface area (Å²) in [5, 5.41) is 0. The molecule has 0 aliphatic carbocycles. The van der Waals surface area contributed by atoms with Crippen LogP contribution >= 0.6 is 0 Å². The summed E-state index contributed by atoms with van der Waals surface area (Å²) in [4.78, 5) is 12.4. The Morgan fingerprint density at radius 3 is 2.11 bits per heavy atom. The van der Waals surface area contributed by atoms with Gasteiger partial charge in [0.2, 0.25) is 0 Å². The smallest absolute Gasteiger partial charge is 0.338 e. The topological polar surface area (TPSA) is 44.8 Å². The first kappa shape index (κ1) is 23.3. The Labute approximate surface area is 165 Å². The van der Waals surface area contributed by atoms with Crippen LogP contribution in [0.25, 0.3) is 0 Å². The van der Waals surface area contributed by atoms with Crippen LogP contribution in [0.2, 0.25) is 0 Å². The number of unbranched alkanes of at least 4 members (excludes halogenated alkanes) is 4. The summed E-state index contributed by atoms with van der Waals surface area (Å²) in [6.45, 7) is 10.4. The predicted molar refractivity (Wildman–Crippen MR) is 111 cm³/mol. The summed E-state index contributed by atoms with van der Waals surface area (Å²) in [5.41, 5.74) is 0.498. The normalized spacial score (nSPS) is 11.9. The number of esters is 1. The number of benzene rings is 1. The third-order valence-corrected chi connectivity index (χ3v) is 4.43. The van der Waals surface area contributed by atoms with Gasteiger partial charge in [-0.3, -0.25) is 0 Å². The summed E-state index contributed by atoms with van der Waals surface area (Å²) >= 11 is 0. The molecule has 0 heterocycles. The number of carbonyl (C=O) groups is 1. The minimum atomic E-state index is -0.309. The Hall–Kier alpha value is -1.71. The van der Waals surface area contributed by atoms with Gasteiger partial charge in [-0.25, -0.2) is 4.79 Å². The van der Waals surface area contributed by atoms with Gasteiger partial charge in [0.15, 0.2) is 0 Å². The molecule has 154 valence electrons. The van der Waals surface area contributed by atoms with E-state index in [0.717, 1.165) is 51.4 Å². The van der Waals surface area contributed by atoms with Gasteiger partial charge in [0.1, 0.15) is 11.5 Å². The van der Waals surface area contributed by atoms with Gasteiger partial charge < -0.3 is 14.2 Å². The van der Waals surface area contributed by atoms with E-state index in [-0.39, 0.29) is 5.97 Å². The van der Waals surface area contributed by atoms with Crippen LogP contribution in [0.5, 0.6) is 11.5 Å². The number of ether oxygens (including phenoxy) is 3. The van der Waals surface area contributed by atoms with Crippen molar-refractivity contribution < 1.29 is 19.0 Å². The lowest BCUT2D eigenvalue weighted by atomic mass is 10.1. The van der Waals surface area contributed by atoms with Crippen LogP contribution in [-0.2, 0) is 4.74 Å². The third kappa shape index (κ3) is 10.3. The van der Waals surface area contributed by atoms with Gasteiger partial charge >= 0.3 is 5.97 Å². The zero-order valence-electron chi connectivity index (χ0n) is 17.7. The SMILES string of the molecule is CCCCCOC(=O)c1cc(OCCCCC)cc(OCC(C)CCC)c1. The number of carbonyl (C=O) groups excluding carboxylic acids is 1. The summed E-state index contributed by atoms with van der Waals surface area (Å²) in [5.74, 6) is 1.52. The molecule has 0 aliphatic heterocycles. The van der Waals surface area contributed by atoms with Crippen molar-refractivity contribution >= 4 is 5.97 Å². The van der Waals surface area contributed by atoms with E-state index in [1.807, 2.05) is 6.07 Å². The average molecular weight is 379 g/mol. The van der Waals surface area contributed by atoms with Crippen molar-refractivity contribution in [1.29, 1.82) is 0 Å². The first-order chi connectivity index (χ1) is 13.1. The summed E-state index contributed by atoms with van der Waals surface area (Å²) in [7, 11) is 0. The maximum absolute atomic E-state index is 12.4. The fourth-order valence-electron chi connectivity index (χ4n) is 2.81. The fraction of sp³-hybridized carbons (Fsp3) is 0.696. The molecule has 0 bridgehead atoms. The van der Waals surface area contributed by atoms with Crippen LogP contribution in [0, 0.1) is 5.92 Å². The molecule has 4 nitrogen and oxygen atoms in total. The van der Waals surface area contributed by atoms with Crippen LogP contribution < -0.4 is 9.47 Å². The van der Waals surface area contributed by atoms with Crippen LogP contribution in [0.4, 0.5) is 0 Å². The Bertz CT molecular complexity index is 527. The molecular formula is C23H38O4. The van der Waals surface area contributed by atoms with E-state index in [1.165, 1.54) is 0 Å². The average Bonchev–Trinajstić information content (AvgIpc) is 2.67. The van der Waals surface area contributed by atoms with E-state index in [4.69, 9.17) is 14.2 Å². The number of rotatable bonds is 15. The second kappa shape index (κ2) is 14.4. The molecule has 0 N–H and O–H groups in total. The highest BCUT2D eigenvalue weighted by molar-refractivity contribution is 5.90. The molecule has 0 spiro atoms. The molecular weight excluding hydrogens is 340 g/mol. The monoisotopic (exact) mass is 378 g/mol. The zero-order chi connectivity index (χ0) is 19.9. The van der Waals surface area contributed by atoms with Gasteiger partial charge in [-0.1, -0.05) is 59.8 Å². The molecule has 0 amide bonds. The standard InChI is InChI=1S/C23H38O4/c1-5-8-10-13-25-21-15-20(23(24)26-14-11-9-6-2)16-22(17-21)27-18-19(4)12-7-3/h15-17,19H,5-14,18H2,1-4H3. The molecule has 1 aromatic carbocycles. The van der Waals surface area contributed by atoms with Crippen molar-refractivity contribution in [2.45, 2.75) is 79.1 Å². The first-order valence-electron chi connectivity index (χ1n) is 10.7. The molecule has 1 rings (SSSR count). The zero-order valence-corrected chi connectivity index (χ0v) is 17.7. The molecule has 1 unspecified atom stereocenters. The minimum absolute atomic E-state index is 0.309. The predicted octanol–water partition coefficient (Wildman–Crippen LogP) is 6.42. The van der Waals surface area contributed by atoms with E-state index < -0.39 is 0 Å². The van der Waals surface area contributed by atoms with Crippen molar-refractivity contribution in [3.63, 3.8) is 0 Å². The van der Waals surface area contributed by atoms with Crippen molar-refractivity contribution in [3.8, 4) is 11.5 Å². The van der Waals surface area contributed by atoms with Crippen molar-refractivity contribution in [3.05, 3.63) is 23.8 Å². The maximum Gasteiger partial charge on any atom is 0.338 e. The molecule has 0 saturated carbocycles. The van der Waals surface area contributed by atoms with Gasteiger partial charge in [-0.05, 0) is 37.3 Å². The van der Waals surface area contributed by atoms with Crippen LogP contribution in [0.3, 0.4) is 0 Å². The molecule has 27 heavy (non-hydrogen) atoms. The molecule has 0 fully saturated rings. The van der Waals surface area contributed by atoms with Crippen molar-refractivity contribution in [1.82, 2.24) is 0 Å². The lowest BCUT2D eigenvalue weighted by molar-refractivity contribution is 0.0497. The highest BCUT2D eigenvalue weighted by Gasteiger charge is 2.13. The second-order valence-electron chi connectivity index (χ2n) is 7.30. The number of hydrogen-bond acceptors (Lipinski definition) is 4. The van der Waals surface area contributed by atoms with Crippen LogP contribution in [0.1, 0.15) is 89.4 Å². The highest BCUT2D eigenvalue weighted by atomic mass is 16.5. The maximum atomic E-state index is 12.4. The van der Waals surface area contributed by atoms with E-state index in [1.54, 1.807) is 12.1 Å². The third-order valence-electron chi connectivity index (χ3n) is 4.43. The van der Waals surface area contributed by atoms with E-state index in [9.17, 15) is 4.79 Å². The lowest BCUT2D eigenvalue weighted by Gasteiger charge is -2.15. The molecule has 0 radical (unpaired) electrons. The minimum Gasteiger partial charge on any atom is -0.493 e. The second-order valence-corrected chi connectivity index (χ2v) is 7.30. The van der Waals surface area contributed by atoms with Gasteiger partial charge in [0.25, 0.3) is 0 Å². The molecule has 0 aromatic heterocycles. The summed E-state index contributed by atoms with van der Waals surface area (Å²) in [6.07, 6.45) is 8.62. The van der Waals surface area contributed by atoms with Gasteiger partial charge in [-0.15, -0.1) is 0 Å². The van der Waals surface area contributed by atoms with Crippen molar-refractivity contribution in [2.75, 3.05) is 19.8 Å². The highest BCUT2D eigenvalue weighted by Crippen LogP contribution is 2.25. The Balaban J connectivity index is 2.76. The van der Waals surface area contributed by atoms with Gasteiger partial charge in [0.05, 0.1) is 25.4 Å². The molecule has 0 saturated heterocycles. The number of hydrogen-bond donors (Lipinski definition) is 0.